The van der Waals surface area contributed by atoms with Crippen molar-refractivity contribution in [2.45, 2.75) is 0 Å². The summed E-state index contributed by atoms with van der Waals surface area (Å²) in [6.45, 7) is 0. The van der Waals surface area contributed by atoms with Crippen molar-refractivity contribution >= 4 is 40.9 Å². The predicted molar refractivity (Wildman–Crippen MR) is 57.3 cm³/mol. The molecule has 0 atom stereocenters. The Labute approximate surface area is 90.7 Å². The minimum Gasteiger partial charge on any atom is -0.477 e. The molecule has 0 aliphatic heterocycles. The number of aliphatic carboxylic acids is 1. The second kappa shape index (κ2) is 4.35. The van der Waals surface area contributed by atoms with Crippen molar-refractivity contribution in [1.82, 2.24) is 0 Å². The van der Waals surface area contributed by atoms with Gasteiger partial charge >= 0.3 is 5.97 Å². The van der Waals surface area contributed by atoms with Gasteiger partial charge in [-0.05, 0) is 29.8 Å². The molecule has 1 aromatic carbocycles. The number of nitrogen functional groups attached to an aromatic ring is 1. The lowest BCUT2D eigenvalue weighted by molar-refractivity contribution is -0.131. The van der Waals surface area contributed by atoms with E-state index in [2.05, 4.69) is 0 Å². The zero-order chi connectivity index (χ0) is 10.7. The van der Waals surface area contributed by atoms with E-state index in [1.54, 1.807) is 18.2 Å². The van der Waals surface area contributed by atoms with E-state index in [1.165, 1.54) is 6.08 Å². The molecule has 0 saturated carbocycles. The summed E-state index contributed by atoms with van der Waals surface area (Å²) in [6, 6.07) is 4.75. The largest absolute Gasteiger partial charge is 0.477 e. The van der Waals surface area contributed by atoms with E-state index in [1.807, 2.05) is 0 Å². The molecule has 0 amide bonds. The van der Waals surface area contributed by atoms with Gasteiger partial charge in [-0.1, -0.05) is 23.2 Å². The second-order valence-corrected chi connectivity index (χ2v) is 3.39. The Morgan fingerprint density at radius 2 is 2.14 bits per heavy atom. The number of nitrogens with two attached hydrogens (primary N) is 1. The third kappa shape index (κ3) is 2.65. The lowest BCUT2D eigenvalue weighted by Crippen LogP contribution is -1.94. The van der Waals surface area contributed by atoms with Crippen LogP contribution in [0.5, 0.6) is 0 Å². The molecule has 74 valence electrons. The van der Waals surface area contributed by atoms with Gasteiger partial charge in [0.15, 0.2) is 0 Å². The Balaban J connectivity index is 3.13. The van der Waals surface area contributed by atoms with E-state index >= 15 is 0 Å². The Hall–Kier alpha value is -1.19. The molecule has 0 aromatic heterocycles. The van der Waals surface area contributed by atoms with Gasteiger partial charge in [-0.2, -0.15) is 0 Å². The highest BCUT2D eigenvalue weighted by Gasteiger charge is 2.05. The Kier molecular flexibility index (Phi) is 3.38. The van der Waals surface area contributed by atoms with Crippen LogP contribution in [-0.4, -0.2) is 11.1 Å². The van der Waals surface area contributed by atoms with Gasteiger partial charge in [-0.15, -0.1) is 0 Å². The van der Waals surface area contributed by atoms with E-state index in [-0.39, 0.29) is 5.03 Å². The van der Waals surface area contributed by atoms with Crippen LogP contribution in [0, 0.1) is 0 Å². The van der Waals surface area contributed by atoms with Crippen molar-refractivity contribution in [3.05, 3.63) is 33.8 Å². The summed E-state index contributed by atoms with van der Waals surface area (Å²) in [5.41, 5.74) is 6.48. The van der Waals surface area contributed by atoms with Gasteiger partial charge in [-0.25, -0.2) is 4.79 Å². The summed E-state index contributed by atoms with van der Waals surface area (Å²) in [6.07, 6.45) is 1.25. The van der Waals surface area contributed by atoms with E-state index in [9.17, 15) is 4.79 Å². The summed E-state index contributed by atoms with van der Waals surface area (Å²) in [7, 11) is 0. The standard InChI is InChI=1S/C9H7Cl2NO2/c10-7-2-1-6(12)3-5(7)4-8(11)9(13)14/h1-4H,12H2,(H,13,14)/b8-4+. The molecule has 0 fully saturated rings. The van der Waals surface area contributed by atoms with Crippen molar-refractivity contribution in [1.29, 1.82) is 0 Å². The third-order valence-corrected chi connectivity index (χ3v) is 2.12. The van der Waals surface area contributed by atoms with Gasteiger partial charge in [-0.3, -0.25) is 0 Å². The van der Waals surface area contributed by atoms with Crippen molar-refractivity contribution in [3.8, 4) is 0 Å². The Morgan fingerprint density at radius 1 is 1.50 bits per heavy atom. The van der Waals surface area contributed by atoms with Gasteiger partial charge < -0.3 is 10.8 Å². The minimum atomic E-state index is -1.20. The Bertz CT molecular complexity index is 402. The van der Waals surface area contributed by atoms with Gasteiger partial charge in [0.2, 0.25) is 0 Å². The van der Waals surface area contributed by atoms with Crippen LogP contribution >= 0.6 is 23.2 Å². The number of halogens is 2. The topological polar surface area (TPSA) is 63.3 Å². The van der Waals surface area contributed by atoms with Crippen LogP contribution in [0.25, 0.3) is 6.08 Å². The molecular weight excluding hydrogens is 225 g/mol. The maximum atomic E-state index is 10.4. The first-order chi connectivity index (χ1) is 6.50. The summed E-state index contributed by atoms with van der Waals surface area (Å²) in [5, 5.41) is 8.62. The van der Waals surface area contributed by atoms with E-state index in [0.29, 0.717) is 16.3 Å². The third-order valence-electron chi connectivity index (χ3n) is 1.51. The predicted octanol–water partition coefficient (Wildman–Crippen LogP) is 2.59. The fourth-order valence-electron chi connectivity index (χ4n) is 0.871. The molecule has 0 aliphatic carbocycles. The number of carboxylic acids is 1. The first-order valence-corrected chi connectivity index (χ1v) is 4.42. The normalized spacial score (nSPS) is 11.4. The van der Waals surface area contributed by atoms with Gasteiger partial charge in [0, 0.05) is 10.7 Å². The monoisotopic (exact) mass is 231 g/mol. The number of carbonyl (C=O) groups is 1. The SMILES string of the molecule is Nc1ccc(Cl)c(/C=C(/Cl)C(=O)O)c1. The van der Waals surface area contributed by atoms with E-state index in [0.717, 1.165) is 0 Å². The highest BCUT2D eigenvalue weighted by Crippen LogP contribution is 2.22. The number of anilines is 1. The van der Waals surface area contributed by atoms with Crippen molar-refractivity contribution < 1.29 is 9.90 Å². The molecule has 0 saturated heterocycles. The molecular formula is C9H7Cl2NO2. The molecule has 0 unspecified atom stereocenters. The molecule has 0 radical (unpaired) electrons. The fourth-order valence-corrected chi connectivity index (χ4v) is 1.16. The molecule has 0 bridgehead atoms. The minimum absolute atomic E-state index is 0.308. The van der Waals surface area contributed by atoms with Crippen LogP contribution in [0.3, 0.4) is 0 Å². The first kappa shape index (κ1) is 10.9. The van der Waals surface area contributed by atoms with Gasteiger partial charge in [0.1, 0.15) is 5.03 Å². The molecule has 0 spiro atoms. The van der Waals surface area contributed by atoms with Crippen LogP contribution in [0.4, 0.5) is 5.69 Å². The number of carboxylic acid groups (broad SMARTS) is 1. The average Bonchev–Trinajstić information content (AvgIpc) is 2.11. The van der Waals surface area contributed by atoms with Gasteiger partial charge in [0.05, 0.1) is 0 Å². The van der Waals surface area contributed by atoms with Crippen molar-refractivity contribution in [2.24, 2.45) is 0 Å². The highest BCUT2D eigenvalue weighted by atomic mass is 35.5. The summed E-state index contributed by atoms with van der Waals surface area (Å²) in [5.74, 6) is -1.20. The Morgan fingerprint density at radius 3 is 2.71 bits per heavy atom. The van der Waals surface area contributed by atoms with Crippen molar-refractivity contribution in [3.63, 3.8) is 0 Å². The van der Waals surface area contributed by atoms with Gasteiger partial charge in [0.25, 0.3) is 0 Å². The van der Waals surface area contributed by atoms with E-state index in [4.69, 9.17) is 34.0 Å². The van der Waals surface area contributed by atoms with Crippen LogP contribution < -0.4 is 5.73 Å². The molecule has 1 aromatic rings. The summed E-state index contributed by atoms with van der Waals surface area (Å²) >= 11 is 11.2. The number of rotatable bonds is 2. The van der Waals surface area contributed by atoms with Crippen LogP contribution in [0.2, 0.25) is 5.02 Å². The first-order valence-electron chi connectivity index (χ1n) is 3.66. The van der Waals surface area contributed by atoms with E-state index < -0.39 is 5.97 Å². The van der Waals surface area contributed by atoms with Crippen molar-refractivity contribution in [2.75, 3.05) is 5.73 Å². The molecule has 1 rings (SSSR count). The molecule has 3 N–H and O–H groups in total. The molecule has 14 heavy (non-hydrogen) atoms. The summed E-state index contributed by atoms with van der Waals surface area (Å²) < 4.78 is 0. The molecule has 0 aliphatic rings. The molecule has 0 heterocycles. The van der Waals surface area contributed by atoms with Crippen LogP contribution in [-0.2, 0) is 4.79 Å². The highest BCUT2D eigenvalue weighted by molar-refractivity contribution is 6.43. The number of hydrogen-bond acceptors (Lipinski definition) is 2. The number of benzene rings is 1. The average molecular weight is 232 g/mol. The lowest BCUT2D eigenvalue weighted by Gasteiger charge is -2.00. The maximum Gasteiger partial charge on any atom is 0.347 e. The lowest BCUT2D eigenvalue weighted by atomic mass is 10.2. The molecule has 3 nitrogen and oxygen atoms in total. The fraction of sp³-hybridized carbons (Fsp3) is 0. The smallest absolute Gasteiger partial charge is 0.347 e. The number of hydrogen-bond donors (Lipinski definition) is 2. The van der Waals surface area contributed by atoms with Crippen LogP contribution in [0.1, 0.15) is 5.56 Å². The molecule has 5 heteroatoms. The maximum absolute atomic E-state index is 10.4. The summed E-state index contributed by atoms with van der Waals surface area (Å²) in [4.78, 5) is 10.4. The zero-order valence-electron chi connectivity index (χ0n) is 7.00. The second-order valence-electron chi connectivity index (χ2n) is 2.58. The zero-order valence-corrected chi connectivity index (χ0v) is 8.51. The van der Waals surface area contributed by atoms with Crippen LogP contribution in [0.15, 0.2) is 23.2 Å². The quantitative estimate of drug-likeness (QED) is 0.608.